The van der Waals surface area contributed by atoms with E-state index in [0.29, 0.717) is 6.61 Å². The SMILES string of the molecule is C=CCOc1cccc(CNCc2ccc(C)cc2)c1. The third-order valence-corrected chi connectivity index (χ3v) is 3.05. The summed E-state index contributed by atoms with van der Waals surface area (Å²) in [5.74, 6) is 0.888. The summed E-state index contributed by atoms with van der Waals surface area (Å²) >= 11 is 0. The Morgan fingerprint density at radius 2 is 1.80 bits per heavy atom. The molecule has 0 amide bonds. The van der Waals surface area contributed by atoms with Gasteiger partial charge in [-0.3, -0.25) is 0 Å². The Kier molecular flexibility index (Phi) is 5.39. The smallest absolute Gasteiger partial charge is 0.120 e. The first kappa shape index (κ1) is 14.4. The van der Waals surface area contributed by atoms with Gasteiger partial charge in [0.05, 0.1) is 0 Å². The monoisotopic (exact) mass is 267 g/mol. The van der Waals surface area contributed by atoms with E-state index in [9.17, 15) is 0 Å². The van der Waals surface area contributed by atoms with Gasteiger partial charge in [0.2, 0.25) is 0 Å². The van der Waals surface area contributed by atoms with E-state index in [-0.39, 0.29) is 0 Å². The number of rotatable bonds is 7. The van der Waals surface area contributed by atoms with Crippen molar-refractivity contribution in [3.05, 3.63) is 77.9 Å². The highest BCUT2D eigenvalue weighted by molar-refractivity contribution is 5.28. The first-order valence-electron chi connectivity index (χ1n) is 6.87. The molecule has 0 aliphatic rings. The molecule has 104 valence electrons. The molecule has 0 bridgehead atoms. The zero-order valence-electron chi connectivity index (χ0n) is 11.9. The second-order valence-electron chi connectivity index (χ2n) is 4.84. The van der Waals surface area contributed by atoms with Crippen LogP contribution in [0, 0.1) is 6.92 Å². The topological polar surface area (TPSA) is 21.3 Å². The molecule has 0 spiro atoms. The quantitative estimate of drug-likeness (QED) is 0.769. The van der Waals surface area contributed by atoms with E-state index in [1.54, 1.807) is 6.08 Å². The zero-order chi connectivity index (χ0) is 14.2. The molecule has 2 aromatic rings. The molecular formula is C18H21NO. The first-order chi connectivity index (χ1) is 9.78. The van der Waals surface area contributed by atoms with E-state index in [4.69, 9.17) is 4.74 Å². The lowest BCUT2D eigenvalue weighted by Crippen LogP contribution is -2.12. The molecule has 1 N–H and O–H groups in total. The minimum atomic E-state index is 0.542. The Bertz CT molecular complexity index is 546. The standard InChI is InChI=1S/C18H21NO/c1-3-11-20-18-6-4-5-17(12-18)14-19-13-16-9-7-15(2)8-10-16/h3-10,12,19H,1,11,13-14H2,2H3. The van der Waals surface area contributed by atoms with Crippen LogP contribution < -0.4 is 10.1 Å². The van der Waals surface area contributed by atoms with Crippen LogP contribution in [0.3, 0.4) is 0 Å². The molecule has 2 heteroatoms. The zero-order valence-corrected chi connectivity index (χ0v) is 11.9. The summed E-state index contributed by atoms with van der Waals surface area (Å²) in [4.78, 5) is 0. The molecule has 2 aromatic carbocycles. The molecule has 0 fully saturated rings. The second kappa shape index (κ2) is 7.51. The molecule has 0 heterocycles. The van der Waals surface area contributed by atoms with E-state index in [0.717, 1.165) is 18.8 Å². The third-order valence-electron chi connectivity index (χ3n) is 3.05. The molecule has 0 aliphatic heterocycles. The predicted molar refractivity (Wildman–Crippen MR) is 83.9 cm³/mol. The van der Waals surface area contributed by atoms with Gasteiger partial charge in [-0.15, -0.1) is 0 Å². The Morgan fingerprint density at radius 1 is 1.05 bits per heavy atom. The molecule has 0 saturated carbocycles. The van der Waals surface area contributed by atoms with Crippen LogP contribution in [0.4, 0.5) is 0 Å². The maximum atomic E-state index is 5.53. The van der Waals surface area contributed by atoms with Crippen molar-refractivity contribution in [2.75, 3.05) is 6.61 Å². The number of hydrogen-bond donors (Lipinski definition) is 1. The minimum Gasteiger partial charge on any atom is -0.490 e. The van der Waals surface area contributed by atoms with Crippen LogP contribution in [0.2, 0.25) is 0 Å². The number of nitrogens with one attached hydrogen (secondary N) is 1. The van der Waals surface area contributed by atoms with Crippen LogP contribution in [0.1, 0.15) is 16.7 Å². The highest BCUT2D eigenvalue weighted by Crippen LogP contribution is 2.13. The predicted octanol–water partition coefficient (Wildman–Crippen LogP) is 3.85. The van der Waals surface area contributed by atoms with E-state index < -0.39 is 0 Å². The first-order valence-corrected chi connectivity index (χ1v) is 6.87. The van der Waals surface area contributed by atoms with Gasteiger partial charge in [-0.2, -0.15) is 0 Å². The fourth-order valence-corrected chi connectivity index (χ4v) is 1.96. The van der Waals surface area contributed by atoms with Crippen molar-refractivity contribution in [1.82, 2.24) is 5.32 Å². The average Bonchev–Trinajstić information content (AvgIpc) is 2.48. The fourth-order valence-electron chi connectivity index (χ4n) is 1.96. The van der Waals surface area contributed by atoms with Crippen LogP contribution in [0.15, 0.2) is 61.2 Å². The largest absolute Gasteiger partial charge is 0.490 e. The van der Waals surface area contributed by atoms with Crippen molar-refractivity contribution in [2.24, 2.45) is 0 Å². The van der Waals surface area contributed by atoms with E-state index in [1.165, 1.54) is 16.7 Å². The molecule has 20 heavy (non-hydrogen) atoms. The molecule has 0 aromatic heterocycles. The summed E-state index contributed by atoms with van der Waals surface area (Å²) in [6.45, 7) is 8.00. The number of benzene rings is 2. The van der Waals surface area contributed by atoms with Crippen molar-refractivity contribution >= 4 is 0 Å². The summed E-state index contributed by atoms with van der Waals surface area (Å²) in [6.07, 6.45) is 1.75. The maximum Gasteiger partial charge on any atom is 0.120 e. The number of hydrogen-bond acceptors (Lipinski definition) is 2. The number of ether oxygens (including phenoxy) is 1. The molecule has 0 aliphatic carbocycles. The van der Waals surface area contributed by atoms with Crippen molar-refractivity contribution in [3.63, 3.8) is 0 Å². The molecule has 0 saturated heterocycles. The summed E-state index contributed by atoms with van der Waals surface area (Å²) in [5.41, 5.74) is 3.81. The molecule has 0 unspecified atom stereocenters. The van der Waals surface area contributed by atoms with Gasteiger partial charge in [-0.05, 0) is 30.2 Å². The van der Waals surface area contributed by atoms with Crippen LogP contribution in [-0.2, 0) is 13.1 Å². The molecule has 0 radical (unpaired) electrons. The highest BCUT2D eigenvalue weighted by Gasteiger charge is 1.97. The van der Waals surface area contributed by atoms with Gasteiger partial charge in [-0.25, -0.2) is 0 Å². The van der Waals surface area contributed by atoms with Gasteiger partial charge in [0.25, 0.3) is 0 Å². The van der Waals surface area contributed by atoms with Gasteiger partial charge < -0.3 is 10.1 Å². The summed E-state index contributed by atoms with van der Waals surface area (Å²) < 4.78 is 5.53. The Balaban J connectivity index is 1.84. The van der Waals surface area contributed by atoms with E-state index in [1.807, 2.05) is 12.1 Å². The summed E-state index contributed by atoms with van der Waals surface area (Å²) in [5, 5.41) is 3.45. The second-order valence-corrected chi connectivity index (χ2v) is 4.84. The molecule has 0 atom stereocenters. The maximum absolute atomic E-state index is 5.53. The Labute approximate surface area is 121 Å². The van der Waals surface area contributed by atoms with Gasteiger partial charge in [0, 0.05) is 13.1 Å². The average molecular weight is 267 g/mol. The normalized spacial score (nSPS) is 10.2. The lowest BCUT2D eigenvalue weighted by molar-refractivity contribution is 0.362. The highest BCUT2D eigenvalue weighted by atomic mass is 16.5. The lowest BCUT2D eigenvalue weighted by Gasteiger charge is -2.08. The fraction of sp³-hybridized carbons (Fsp3) is 0.222. The van der Waals surface area contributed by atoms with Crippen molar-refractivity contribution in [3.8, 4) is 5.75 Å². The van der Waals surface area contributed by atoms with Crippen LogP contribution >= 0.6 is 0 Å². The summed E-state index contributed by atoms with van der Waals surface area (Å²) in [7, 11) is 0. The number of aryl methyl sites for hydroxylation is 1. The Morgan fingerprint density at radius 3 is 2.55 bits per heavy atom. The van der Waals surface area contributed by atoms with Gasteiger partial charge in [0.1, 0.15) is 12.4 Å². The van der Waals surface area contributed by atoms with Crippen LogP contribution in [0.5, 0.6) is 5.75 Å². The lowest BCUT2D eigenvalue weighted by atomic mass is 10.1. The van der Waals surface area contributed by atoms with Crippen molar-refractivity contribution < 1.29 is 4.74 Å². The van der Waals surface area contributed by atoms with Crippen LogP contribution in [0.25, 0.3) is 0 Å². The van der Waals surface area contributed by atoms with E-state index in [2.05, 4.69) is 55.2 Å². The minimum absolute atomic E-state index is 0.542. The van der Waals surface area contributed by atoms with Crippen LogP contribution in [-0.4, -0.2) is 6.61 Å². The third kappa shape index (κ3) is 4.56. The van der Waals surface area contributed by atoms with Gasteiger partial charge >= 0.3 is 0 Å². The van der Waals surface area contributed by atoms with Crippen molar-refractivity contribution in [1.29, 1.82) is 0 Å². The molecule has 2 rings (SSSR count). The van der Waals surface area contributed by atoms with Gasteiger partial charge in [0.15, 0.2) is 0 Å². The Hall–Kier alpha value is -2.06. The molecule has 2 nitrogen and oxygen atoms in total. The molecular weight excluding hydrogens is 246 g/mol. The summed E-state index contributed by atoms with van der Waals surface area (Å²) in [6, 6.07) is 16.7. The van der Waals surface area contributed by atoms with E-state index >= 15 is 0 Å². The van der Waals surface area contributed by atoms with Gasteiger partial charge in [-0.1, -0.05) is 54.6 Å². The van der Waals surface area contributed by atoms with Crippen molar-refractivity contribution in [2.45, 2.75) is 20.0 Å².